The first-order valence-corrected chi connectivity index (χ1v) is 8.84. The number of nitrogens with zero attached hydrogens (tertiary/aromatic N) is 2. The molecule has 2 aliphatic rings. The van der Waals surface area contributed by atoms with Gasteiger partial charge in [0, 0.05) is 37.8 Å². The van der Waals surface area contributed by atoms with Crippen LogP contribution in [0.15, 0.2) is 12.4 Å². The lowest BCUT2D eigenvalue weighted by atomic mass is 9.71. The largest absolute Gasteiger partial charge is 0.355 e. The summed E-state index contributed by atoms with van der Waals surface area (Å²) in [6, 6.07) is 0. The second-order valence-electron chi connectivity index (χ2n) is 7.77. The van der Waals surface area contributed by atoms with Gasteiger partial charge in [0.05, 0.1) is 0 Å². The second-order valence-corrected chi connectivity index (χ2v) is 7.77. The van der Waals surface area contributed by atoms with E-state index in [1.807, 2.05) is 12.4 Å². The third-order valence-corrected chi connectivity index (χ3v) is 5.75. The number of rotatable bonds is 4. The summed E-state index contributed by atoms with van der Waals surface area (Å²) in [5.41, 5.74) is 0.212. The van der Waals surface area contributed by atoms with E-state index in [1.165, 1.54) is 32.1 Å². The fourth-order valence-corrected chi connectivity index (χ4v) is 4.06. The molecule has 1 aromatic rings. The molecule has 1 atom stereocenters. The van der Waals surface area contributed by atoms with Gasteiger partial charge < -0.3 is 9.88 Å². The summed E-state index contributed by atoms with van der Waals surface area (Å²) in [5.74, 6) is 2.12. The molecule has 122 valence electrons. The van der Waals surface area contributed by atoms with Crippen LogP contribution in [0.1, 0.15) is 58.2 Å². The van der Waals surface area contributed by atoms with Crippen molar-refractivity contribution in [1.29, 1.82) is 0 Å². The van der Waals surface area contributed by atoms with Crippen LogP contribution < -0.4 is 5.32 Å². The molecule has 4 heteroatoms. The zero-order valence-electron chi connectivity index (χ0n) is 14.0. The Hall–Kier alpha value is -1.32. The molecule has 0 unspecified atom stereocenters. The van der Waals surface area contributed by atoms with E-state index in [0.29, 0.717) is 0 Å². The topological polar surface area (TPSA) is 46.9 Å². The molecule has 1 aliphatic heterocycles. The number of carbonyl (C=O) groups is 1. The minimum Gasteiger partial charge on any atom is -0.355 e. The summed E-state index contributed by atoms with van der Waals surface area (Å²) in [4.78, 5) is 16.9. The molecule has 0 spiro atoms. The first-order chi connectivity index (χ1) is 10.6. The lowest BCUT2D eigenvalue weighted by molar-refractivity contribution is -0.126. The molecule has 0 aromatic carbocycles. The zero-order chi connectivity index (χ0) is 15.6. The van der Waals surface area contributed by atoms with Gasteiger partial charge in [-0.2, -0.15) is 0 Å². The number of amides is 1. The average molecular weight is 303 g/mol. The van der Waals surface area contributed by atoms with Gasteiger partial charge in [-0.25, -0.2) is 4.98 Å². The van der Waals surface area contributed by atoms with Crippen molar-refractivity contribution in [3.63, 3.8) is 0 Å². The summed E-state index contributed by atoms with van der Waals surface area (Å²) in [7, 11) is 0. The molecule has 1 N–H and O–H groups in total. The monoisotopic (exact) mass is 303 g/mol. The Kier molecular flexibility index (Phi) is 4.55. The van der Waals surface area contributed by atoms with Crippen LogP contribution in [0.25, 0.3) is 0 Å². The van der Waals surface area contributed by atoms with Crippen molar-refractivity contribution in [2.75, 3.05) is 6.54 Å². The minimum atomic E-state index is 0.0945. The molecule has 22 heavy (non-hydrogen) atoms. The van der Waals surface area contributed by atoms with Crippen molar-refractivity contribution in [3.05, 3.63) is 18.2 Å². The standard InChI is InChI=1S/C18H29N3O/c1-18(2,15-6-4-3-5-7-15)13-20-17(22)14-8-10-21-11-9-19-16(21)12-14/h9,11,14-15H,3-8,10,12-13H2,1-2H3,(H,20,22)/t14-/m0/s1. The highest BCUT2D eigenvalue weighted by Gasteiger charge is 2.32. The number of aryl methyl sites for hydroxylation is 1. The van der Waals surface area contributed by atoms with Crippen LogP contribution in [0.5, 0.6) is 0 Å². The van der Waals surface area contributed by atoms with Crippen molar-refractivity contribution in [2.45, 2.75) is 65.3 Å². The van der Waals surface area contributed by atoms with Crippen LogP contribution in [0.2, 0.25) is 0 Å². The maximum atomic E-state index is 12.5. The number of nitrogens with one attached hydrogen (secondary N) is 1. The lowest BCUT2D eigenvalue weighted by Crippen LogP contribution is -2.43. The van der Waals surface area contributed by atoms with Gasteiger partial charge in [-0.15, -0.1) is 0 Å². The van der Waals surface area contributed by atoms with Gasteiger partial charge in [-0.3, -0.25) is 4.79 Å². The van der Waals surface area contributed by atoms with Crippen molar-refractivity contribution < 1.29 is 4.79 Å². The quantitative estimate of drug-likeness (QED) is 0.928. The van der Waals surface area contributed by atoms with Crippen molar-refractivity contribution in [2.24, 2.45) is 17.3 Å². The molecule has 1 saturated carbocycles. The summed E-state index contributed by atoms with van der Waals surface area (Å²) in [5, 5.41) is 3.24. The van der Waals surface area contributed by atoms with Gasteiger partial charge in [-0.05, 0) is 30.6 Å². The number of carbonyl (C=O) groups excluding carboxylic acids is 1. The third kappa shape index (κ3) is 3.36. The van der Waals surface area contributed by atoms with E-state index in [-0.39, 0.29) is 17.2 Å². The molecule has 0 bridgehead atoms. The summed E-state index contributed by atoms with van der Waals surface area (Å²) in [6.45, 7) is 6.36. The van der Waals surface area contributed by atoms with Crippen LogP contribution in [0.4, 0.5) is 0 Å². The Morgan fingerprint density at radius 3 is 2.86 bits per heavy atom. The van der Waals surface area contributed by atoms with Gasteiger partial charge in [-0.1, -0.05) is 33.1 Å². The summed E-state index contributed by atoms with van der Waals surface area (Å²) < 4.78 is 2.16. The first kappa shape index (κ1) is 15.6. The van der Waals surface area contributed by atoms with E-state index in [4.69, 9.17) is 0 Å². The Morgan fingerprint density at radius 1 is 1.32 bits per heavy atom. The summed E-state index contributed by atoms with van der Waals surface area (Å²) >= 11 is 0. The number of aromatic nitrogens is 2. The lowest BCUT2D eigenvalue weighted by Gasteiger charge is -2.37. The molecule has 1 amide bonds. The van der Waals surface area contributed by atoms with E-state index in [2.05, 4.69) is 28.7 Å². The van der Waals surface area contributed by atoms with Crippen LogP contribution in [0.3, 0.4) is 0 Å². The second kappa shape index (κ2) is 6.43. The predicted molar refractivity (Wildman–Crippen MR) is 87.4 cm³/mol. The van der Waals surface area contributed by atoms with E-state index in [9.17, 15) is 4.79 Å². The predicted octanol–water partition coefficient (Wildman–Crippen LogP) is 3.17. The number of hydrogen-bond acceptors (Lipinski definition) is 2. The molecule has 0 saturated heterocycles. The van der Waals surface area contributed by atoms with Gasteiger partial charge in [0.2, 0.25) is 5.91 Å². The third-order valence-electron chi connectivity index (χ3n) is 5.75. The van der Waals surface area contributed by atoms with Crippen LogP contribution in [-0.4, -0.2) is 22.0 Å². The van der Waals surface area contributed by atoms with Crippen LogP contribution >= 0.6 is 0 Å². The van der Waals surface area contributed by atoms with E-state index in [0.717, 1.165) is 37.7 Å². The van der Waals surface area contributed by atoms with Gasteiger partial charge in [0.25, 0.3) is 0 Å². The molecular weight excluding hydrogens is 274 g/mol. The zero-order valence-corrected chi connectivity index (χ0v) is 14.0. The van der Waals surface area contributed by atoms with Crippen molar-refractivity contribution in [3.8, 4) is 0 Å². The van der Waals surface area contributed by atoms with E-state index < -0.39 is 0 Å². The first-order valence-electron chi connectivity index (χ1n) is 8.84. The molecule has 2 heterocycles. The molecule has 4 nitrogen and oxygen atoms in total. The number of fused-ring (bicyclic) bond motifs is 1. The van der Waals surface area contributed by atoms with Crippen LogP contribution in [0, 0.1) is 17.3 Å². The average Bonchev–Trinajstić information content (AvgIpc) is 3.01. The molecule has 1 aliphatic carbocycles. The smallest absolute Gasteiger partial charge is 0.223 e. The molecule has 3 rings (SSSR count). The molecule has 1 aromatic heterocycles. The number of hydrogen-bond donors (Lipinski definition) is 1. The van der Waals surface area contributed by atoms with Gasteiger partial charge >= 0.3 is 0 Å². The Morgan fingerprint density at radius 2 is 2.09 bits per heavy atom. The van der Waals surface area contributed by atoms with Crippen molar-refractivity contribution in [1.82, 2.24) is 14.9 Å². The summed E-state index contributed by atoms with van der Waals surface area (Å²) in [6.07, 6.45) is 12.3. The maximum absolute atomic E-state index is 12.5. The van der Waals surface area contributed by atoms with Crippen LogP contribution in [-0.2, 0) is 17.8 Å². The SMILES string of the molecule is CC(C)(CNC(=O)[C@H]1CCn2ccnc2C1)C1CCCCC1. The van der Waals surface area contributed by atoms with Gasteiger partial charge in [0.15, 0.2) is 0 Å². The normalized spacial score (nSPS) is 23.1. The van der Waals surface area contributed by atoms with Gasteiger partial charge in [0.1, 0.15) is 5.82 Å². The van der Waals surface area contributed by atoms with E-state index in [1.54, 1.807) is 0 Å². The highest BCUT2D eigenvalue weighted by atomic mass is 16.1. The minimum absolute atomic E-state index is 0.0945. The Balaban J connectivity index is 1.52. The molecule has 1 fully saturated rings. The fourth-order valence-electron chi connectivity index (χ4n) is 4.06. The highest BCUT2D eigenvalue weighted by Crippen LogP contribution is 2.37. The molecular formula is C18H29N3O. The number of imidazole rings is 1. The molecule has 0 radical (unpaired) electrons. The van der Waals surface area contributed by atoms with E-state index >= 15 is 0 Å². The fraction of sp³-hybridized carbons (Fsp3) is 0.778. The Bertz CT molecular complexity index is 514. The maximum Gasteiger partial charge on any atom is 0.223 e. The highest BCUT2D eigenvalue weighted by molar-refractivity contribution is 5.79. The van der Waals surface area contributed by atoms with Crippen molar-refractivity contribution >= 4 is 5.91 Å². The Labute approximate surface area is 133 Å².